The minimum absolute atomic E-state index is 0.0290. The van der Waals surface area contributed by atoms with Gasteiger partial charge < -0.3 is 20.5 Å². The maximum Gasteiger partial charge on any atom is 0.231 e. The molecule has 0 unspecified atom stereocenters. The summed E-state index contributed by atoms with van der Waals surface area (Å²) in [6, 6.07) is 10.3. The fourth-order valence-corrected chi connectivity index (χ4v) is 2.38. The quantitative estimate of drug-likeness (QED) is 0.851. The Hall–Kier alpha value is -2.34. The third-order valence-electron chi connectivity index (χ3n) is 3.18. The topological polar surface area (TPSA) is 56.5 Å². The first-order chi connectivity index (χ1) is 10.1. The monoisotopic (exact) mass is 304 g/mol. The van der Waals surface area contributed by atoms with E-state index < -0.39 is 5.82 Å². The molecule has 4 nitrogen and oxygen atoms in total. The molecule has 0 saturated carbocycles. The van der Waals surface area contributed by atoms with E-state index in [2.05, 4.69) is 5.32 Å². The average molecular weight is 304 g/mol. The molecule has 6 heteroatoms. The Balaban J connectivity index is 1.79. The van der Waals surface area contributed by atoms with E-state index in [1.165, 1.54) is 6.07 Å². The molecular weight excluding hydrogens is 291 g/mol. The van der Waals surface area contributed by atoms with Crippen molar-refractivity contribution in [1.29, 1.82) is 0 Å². The van der Waals surface area contributed by atoms with Crippen LogP contribution in [0.1, 0.15) is 11.1 Å². The van der Waals surface area contributed by atoms with Crippen LogP contribution in [0.4, 0.5) is 10.1 Å². The normalized spacial score (nSPS) is 12.2. The van der Waals surface area contributed by atoms with E-state index in [9.17, 15) is 4.39 Å². The minimum Gasteiger partial charge on any atom is -0.454 e. The van der Waals surface area contributed by atoms with Crippen molar-refractivity contribution in [3.05, 3.63) is 53.3 Å². The summed E-state index contributed by atoms with van der Waals surface area (Å²) in [5, 5.41) is 3.14. The first-order valence-corrected chi connectivity index (χ1v) is 6.76. The van der Waals surface area contributed by atoms with E-state index >= 15 is 0 Å². The van der Waals surface area contributed by atoms with Crippen molar-refractivity contribution in [2.45, 2.75) is 6.54 Å². The second-order valence-electron chi connectivity index (χ2n) is 4.57. The number of fused-ring (bicyclic) bond motifs is 1. The molecular formula is C15H13FN2O2S. The van der Waals surface area contributed by atoms with Crippen LogP contribution in [0.25, 0.3) is 0 Å². The first-order valence-electron chi connectivity index (χ1n) is 6.36. The molecule has 0 fully saturated rings. The molecule has 0 bridgehead atoms. The lowest BCUT2D eigenvalue weighted by Crippen LogP contribution is -2.15. The van der Waals surface area contributed by atoms with Gasteiger partial charge in [-0.15, -0.1) is 0 Å². The number of anilines is 1. The van der Waals surface area contributed by atoms with Crippen LogP contribution in [0, 0.1) is 5.82 Å². The lowest BCUT2D eigenvalue weighted by molar-refractivity contribution is 0.174. The van der Waals surface area contributed by atoms with Crippen LogP contribution >= 0.6 is 12.2 Å². The summed E-state index contributed by atoms with van der Waals surface area (Å²) < 4.78 is 24.3. The van der Waals surface area contributed by atoms with Gasteiger partial charge in [-0.05, 0) is 29.8 Å². The van der Waals surface area contributed by atoms with Gasteiger partial charge in [-0.25, -0.2) is 4.39 Å². The number of hydrogen-bond donors (Lipinski definition) is 2. The zero-order valence-corrected chi connectivity index (χ0v) is 11.9. The Bertz CT molecular complexity index is 706. The molecule has 108 valence electrons. The van der Waals surface area contributed by atoms with Crippen molar-refractivity contribution >= 4 is 22.9 Å². The van der Waals surface area contributed by atoms with Crippen LogP contribution in [-0.4, -0.2) is 11.8 Å². The van der Waals surface area contributed by atoms with Crippen molar-refractivity contribution in [3.63, 3.8) is 0 Å². The molecule has 0 saturated heterocycles. The van der Waals surface area contributed by atoms with E-state index in [4.69, 9.17) is 27.4 Å². The lowest BCUT2D eigenvalue weighted by atomic mass is 10.1. The standard InChI is InChI=1S/C15H13FN2O2S/c16-10-2-1-3-11(14(10)15(17)21)18-7-9-4-5-12-13(6-9)20-8-19-12/h1-6,18H,7-8H2,(H2,17,21). The van der Waals surface area contributed by atoms with Gasteiger partial charge in [0, 0.05) is 12.2 Å². The zero-order valence-electron chi connectivity index (χ0n) is 11.1. The molecule has 0 radical (unpaired) electrons. The summed E-state index contributed by atoms with van der Waals surface area (Å²) in [7, 11) is 0. The Morgan fingerprint density at radius 3 is 2.86 bits per heavy atom. The van der Waals surface area contributed by atoms with Gasteiger partial charge in [-0.3, -0.25) is 0 Å². The van der Waals surface area contributed by atoms with Gasteiger partial charge in [0.1, 0.15) is 10.8 Å². The number of hydrogen-bond acceptors (Lipinski definition) is 4. The third-order valence-corrected chi connectivity index (χ3v) is 3.38. The molecule has 0 aromatic heterocycles. The van der Waals surface area contributed by atoms with E-state index in [-0.39, 0.29) is 17.3 Å². The Morgan fingerprint density at radius 2 is 2.05 bits per heavy atom. The highest BCUT2D eigenvalue weighted by molar-refractivity contribution is 7.80. The molecule has 3 rings (SSSR count). The molecule has 2 aromatic rings. The van der Waals surface area contributed by atoms with Gasteiger partial charge in [0.15, 0.2) is 11.5 Å². The minimum atomic E-state index is -0.432. The second-order valence-corrected chi connectivity index (χ2v) is 5.01. The number of halogens is 1. The smallest absolute Gasteiger partial charge is 0.231 e. The van der Waals surface area contributed by atoms with Gasteiger partial charge in [-0.1, -0.05) is 24.4 Å². The van der Waals surface area contributed by atoms with Crippen molar-refractivity contribution in [2.75, 3.05) is 12.1 Å². The summed E-state index contributed by atoms with van der Waals surface area (Å²) in [5.74, 6) is 1.01. The molecule has 0 atom stereocenters. The molecule has 0 aliphatic carbocycles. The highest BCUT2D eigenvalue weighted by Gasteiger charge is 2.14. The maximum atomic E-state index is 13.8. The van der Waals surface area contributed by atoms with E-state index in [1.54, 1.807) is 12.1 Å². The van der Waals surface area contributed by atoms with Crippen molar-refractivity contribution in [2.24, 2.45) is 5.73 Å². The molecule has 0 amide bonds. The number of ether oxygens (including phenoxy) is 2. The number of nitrogens with one attached hydrogen (secondary N) is 1. The van der Waals surface area contributed by atoms with E-state index in [0.29, 0.717) is 18.0 Å². The van der Waals surface area contributed by atoms with Gasteiger partial charge in [-0.2, -0.15) is 0 Å². The lowest BCUT2D eigenvalue weighted by Gasteiger charge is -2.12. The molecule has 3 N–H and O–H groups in total. The largest absolute Gasteiger partial charge is 0.454 e. The van der Waals surface area contributed by atoms with Crippen LogP contribution < -0.4 is 20.5 Å². The van der Waals surface area contributed by atoms with Gasteiger partial charge >= 0.3 is 0 Å². The summed E-state index contributed by atoms with van der Waals surface area (Å²) in [6.45, 7) is 0.734. The molecule has 1 aliphatic heterocycles. The Morgan fingerprint density at radius 1 is 1.24 bits per heavy atom. The summed E-state index contributed by atoms with van der Waals surface area (Å²) in [6.07, 6.45) is 0. The molecule has 1 aliphatic rings. The Kier molecular flexibility index (Phi) is 3.62. The summed E-state index contributed by atoms with van der Waals surface area (Å²) in [4.78, 5) is 0.0290. The van der Waals surface area contributed by atoms with E-state index in [0.717, 1.165) is 11.3 Å². The fourth-order valence-electron chi connectivity index (χ4n) is 2.17. The van der Waals surface area contributed by atoms with Crippen LogP contribution in [0.5, 0.6) is 11.5 Å². The SMILES string of the molecule is NC(=S)c1c(F)cccc1NCc1ccc2c(c1)OCO2. The number of rotatable bonds is 4. The van der Waals surface area contributed by atoms with Crippen molar-refractivity contribution in [3.8, 4) is 11.5 Å². The maximum absolute atomic E-state index is 13.8. The van der Waals surface area contributed by atoms with Crippen LogP contribution in [-0.2, 0) is 6.54 Å². The number of nitrogens with two attached hydrogens (primary N) is 1. The molecule has 2 aromatic carbocycles. The molecule has 1 heterocycles. The highest BCUT2D eigenvalue weighted by atomic mass is 32.1. The van der Waals surface area contributed by atoms with Gasteiger partial charge in [0.25, 0.3) is 0 Å². The van der Waals surface area contributed by atoms with Crippen LogP contribution in [0.3, 0.4) is 0 Å². The van der Waals surface area contributed by atoms with Crippen LogP contribution in [0.15, 0.2) is 36.4 Å². The summed E-state index contributed by atoms with van der Waals surface area (Å²) >= 11 is 4.89. The third kappa shape index (κ3) is 2.75. The average Bonchev–Trinajstić information content (AvgIpc) is 2.92. The second kappa shape index (κ2) is 5.57. The van der Waals surface area contributed by atoms with Crippen LogP contribution in [0.2, 0.25) is 0 Å². The zero-order chi connectivity index (χ0) is 14.8. The molecule has 21 heavy (non-hydrogen) atoms. The first kappa shape index (κ1) is 13.6. The number of benzene rings is 2. The van der Waals surface area contributed by atoms with Crippen molar-refractivity contribution < 1.29 is 13.9 Å². The van der Waals surface area contributed by atoms with Gasteiger partial charge in [0.2, 0.25) is 6.79 Å². The number of thiocarbonyl (C=S) groups is 1. The highest BCUT2D eigenvalue weighted by Crippen LogP contribution is 2.32. The predicted octanol–water partition coefficient (Wildman–Crippen LogP) is 2.80. The molecule has 0 spiro atoms. The van der Waals surface area contributed by atoms with Gasteiger partial charge in [0.05, 0.1) is 5.56 Å². The Labute approximate surface area is 126 Å². The summed E-state index contributed by atoms with van der Waals surface area (Å²) in [5.41, 5.74) is 7.36. The van der Waals surface area contributed by atoms with Crippen molar-refractivity contribution in [1.82, 2.24) is 0 Å². The van der Waals surface area contributed by atoms with E-state index in [1.807, 2.05) is 18.2 Å². The predicted molar refractivity (Wildman–Crippen MR) is 82.2 cm³/mol. The fraction of sp³-hybridized carbons (Fsp3) is 0.133.